The Hall–Kier alpha value is -1.43. The Morgan fingerprint density at radius 2 is 2.11 bits per heavy atom. The molecule has 0 aliphatic carbocycles. The van der Waals surface area contributed by atoms with Gasteiger partial charge in [0.25, 0.3) is 0 Å². The minimum absolute atomic E-state index is 0.0376. The fourth-order valence-corrected chi connectivity index (χ4v) is 3.02. The number of carbonyl (C=O) groups excluding carboxylic acids is 1. The molecule has 3 heterocycles. The van der Waals surface area contributed by atoms with Crippen LogP contribution in [-0.2, 0) is 0 Å². The number of carbonyl (C=O) groups is 1. The summed E-state index contributed by atoms with van der Waals surface area (Å²) < 4.78 is 1.33. The van der Waals surface area contributed by atoms with Crippen LogP contribution in [0.4, 0.5) is 4.79 Å². The summed E-state index contributed by atoms with van der Waals surface area (Å²) in [4.78, 5) is 20.5. The van der Waals surface area contributed by atoms with Gasteiger partial charge in [-0.15, -0.1) is 0 Å². The minimum Gasteiger partial charge on any atom is -0.316 e. The van der Waals surface area contributed by atoms with Crippen LogP contribution in [0, 0.1) is 0 Å². The van der Waals surface area contributed by atoms with Crippen LogP contribution in [0.25, 0.3) is 0 Å². The van der Waals surface area contributed by atoms with Crippen LogP contribution in [0.1, 0.15) is 26.7 Å². The van der Waals surface area contributed by atoms with Gasteiger partial charge in [-0.3, -0.25) is 4.90 Å². The molecule has 0 saturated carbocycles. The van der Waals surface area contributed by atoms with E-state index < -0.39 is 0 Å². The van der Waals surface area contributed by atoms with Gasteiger partial charge in [0.1, 0.15) is 12.7 Å². The van der Waals surface area contributed by atoms with E-state index in [4.69, 9.17) is 0 Å². The third-order valence-corrected chi connectivity index (χ3v) is 4.31. The molecule has 0 radical (unpaired) electrons. The van der Waals surface area contributed by atoms with Gasteiger partial charge in [0.15, 0.2) is 0 Å². The smallest absolute Gasteiger partial charge is 0.316 e. The number of nitrogens with zero attached hydrogens (tertiary/aromatic N) is 5. The quantitative estimate of drug-likeness (QED) is 0.739. The van der Waals surface area contributed by atoms with Crippen molar-refractivity contribution in [3.05, 3.63) is 12.7 Å². The molecule has 0 aromatic carbocycles. The lowest BCUT2D eigenvalue weighted by molar-refractivity contribution is 0.0275. The van der Waals surface area contributed by atoms with Gasteiger partial charge in [0, 0.05) is 25.7 Å². The zero-order valence-electron chi connectivity index (χ0n) is 10.9. The van der Waals surface area contributed by atoms with Gasteiger partial charge in [-0.1, -0.05) is 0 Å². The fraction of sp³-hybridized carbons (Fsp3) is 0.750. The molecule has 1 spiro atoms. The molecule has 2 fully saturated rings. The molecule has 1 amide bonds. The van der Waals surface area contributed by atoms with E-state index in [-0.39, 0.29) is 11.6 Å². The van der Waals surface area contributed by atoms with E-state index in [1.165, 1.54) is 17.3 Å². The van der Waals surface area contributed by atoms with Crippen LogP contribution in [0.3, 0.4) is 0 Å². The molecule has 0 bridgehead atoms. The number of aromatic nitrogens is 3. The Morgan fingerprint density at radius 1 is 1.33 bits per heavy atom. The second-order valence-corrected chi connectivity index (χ2v) is 5.56. The predicted molar refractivity (Wildman–Crippen MR) is 66.2 cm³/mol. The van der Waals surface area contributed by atoms with Gasteiger partial charge < -0.3 is 4.90 Å². The molecular formula is C12H19N5O. The van der Waals surface area contributed by atoms with Gasteiger partial charge >= 0.3 is 6.03 Å². The lowest BCUT2D eigenvalue weighted by Crippen LogP contribution is -2.64. The predicted octanol–water partition coefficient (Wildman–Crippen LogP) is 0.805. The Kier molecular flexibility index (Phi) is 2.62. The van der Waals surface area contributed by atoms with E-state index in [9.17, 15) is 4.79 Å². The number of hydrogen-bond acceptors (Lipinski definition) is 4. The average molecular weight is 249 g/mol. The molecule has 18 heavy (non-hydrogen) atoms. The van der Waals surface area contributed by atoms with Gasteiger partial charge in [-0.25, -0.2) is 9.78 Å². The second-order valence-electron chi connectivity index (χ2n) is 5.56. The standard InChI is InChI=1S/C12H19N5O/c1-10(2)15-5-3-12(7-15)4-6-16(12)11(18)17-9-13-8-14-17/h8-10H,3-7H2,1-2H3/t12-/m1/s1. The van der Waals surface area contributed by atoms with Gasteiger partial charge in [-0.2, -0.15) is 9.78 Å². The number of rotatable bonds is 1. The first-order valence-electron chi connectivity index (χ1n) is 6.53. The number of likely N-dealkylation sites (tertiary alicyclic amines) is 2. The van der Waals surface area contributed by atoms with Crippen LogP contribution in [0.15, 0.2) is 12.7 Å². The van der Waals surface area contributed by atoms with E-state index >= 15 is 0 Å². The van der Waals surface area contributed by atoms with Gasteiger partial charge in [-0.05, 0) is 26.7 Å². The van der Waals surface area contributed by atoms with Crippen molar-refractivity contribution in [2.24, 2.45) is 0 Å². The van der Waals surface area contributed by atoms with Crippen LogP contribution < -0.4 is 0 Å². The normalized spacial score (nSPS) is 28.1. The summed E-state index contributed by atoms with van der Waals surface area (Å²) in [5.41, 5.74) is 0.0489. The van der Waals surface area contributed by atoms with Crippen molar-refractivity contribution >= 4 is 6.03 Å². The van der Waals surface area contributed by atoms with Crippen molar-refractivity contribution in [2.45, 2.75) is 38.3 Å². The summed E-state index contributed by atoms with van der Waals surface area (Å²) in [7, 11) is 0. The van der Waals surface area contributed by atoms with E-state index in [2.05, 4.69) is 28.8 Å². The number of hydrogen-bond donors (Lipinski definition) is 0. The summed E-state index contributed by atoms with van der Waals surface area (Å²) in [5, 5.41) is 3.93. The lowest BCUT2D eigenvalue weighted by Gasteiger charge is -2.50. The van der Waals surface area contributed by atoms with Crippen LogP contribution in [0.2, 0.25) is 0 Å². The highest BCUT2D eigenvalue weighted by atomic mass is 16.2. The molecule has 6 heteroatoms. The van der Waals surface area contributed by atoms with Crippen molar-refractivity contribution in [1.82, 2.24) is 24.6 Å². The highest BCUT2D eigenvalue weighted by Crippen LogP contribution is 2.39. The maximum absolute atomic E-state index is 12.3. The molecule has 1 aromatic rings. The van der Waals surface area contributed by atoms with Crippen molar-refractivity contribution < 1.29 is 4.79 Å². The van der Waals surface area contributed by atoms with Crippen molar-refractivity contribution in [3.8, 4) is 0 Å². The van der Waals surface area contributed by atoms with E-state index in [0.717, 1.165) is 32.5 Å². The SMILES string of the molecule is CC(C)N1CC[C@@]2(CCN2C(=O)n2cncn2)C1. The minimum atomic E-state index is -0.0376. The molecule has 98 valence electrons. The summed E-state index contributed by atoms with van der Waals surface area (Å²) >= 11 is 0. The first-order valence-corrected chi connectivity index (χ1v) is 6.53. The Bertz CT molecular complexity index is 443. The summed E-state index contributed by atoms with van der Waals surface area (Å²) in [5.74, 6) is 0. The zero-order valence-corrected chi connectivity index (χ0v) is 10.9. The third-order valence-electron chi connectivity index (χ3n) is 4.31. The largest absolute Gasteiger partial charge is 0.346 e. The summed E-state index contributed by atoms with van der Waals surface area (Å²) in [6.07, 6.45) is 5.06. The molecule has 2 aliphatic rings. The van der Waals surface area contributed by atoms with Crippen LogP contribution in [0.5, 0.6) is 0 Å². The topological polar surface area (TPSA) is 54.3 Å². The van der Waals surface area contributed by atoms with Gasteiger partial charge in [0.05, 0.1) is 5.54 Å². The molecular weight excluding hydrogens is 230 g/mol. The molecule has 3 rings (SSSR count). The van der Waals surface area contributed by atoms with Crippen molar-refractivity contribution in [3.63, 3.8) is 0 Å². The maximum atomic E-state index is 12.3. The summed E-state index contributed by atoms with van der Waals surface area (Å²) in [6, 6.07) is 0.512. The average Bonchev–Trinajstić information content (AvgIpc) is 2.98. The Labute approximate surface area is 107 Å². The van der Waals surface area contributed by atoms with Gasteiger partial charge in [0.2, 0.25) is 0 Å². The lowest BCUT2D eigenvalue weighted by atomic mass is 9.84. The first-order chi connectivity index (χ1) is 8.62. The second kappa shape index (κ2) is 4.05. The molecule has 2 aliphatic heterocycles. The maximum Gasteiger partial charge on any atom is 0.346 e. The molecule has 0 N–H and O–H groups in total. The molecule has 1 aromatic heterocycles. The van der Waals surface area contributed by atoms with Crippen molar-refractivity contribution in [2.75, 3.05) is 19.6 Å². The zero-order chi connectivity index (χ0) is 12.8. The fourth-order valence-electron chi connectivity index (χ4n) is 3.02. The molecule has 1 atom stereocenters. The Balaban J connectivity index is 1.74. The van der Waals surface area contributed by atoms with Crippen LogP contribution >= 0.6 is 0 Å². The van der Waals surface area contributed by atoms with E-state index in [0.29, 0.717) is 6.04 Å². The third kappa shape index (κ3) is 1.63. The first kappa shape index (κ1) is 11.6. The van der Waals surface area contributed by atoms with E-state index in [1.807, 2.05) is 4.90 Å². The number of amides is 1. The summed E-state index contributed by atoms with van der Waals surface area (Å²) in [6.45, 7) is 7.33. The Morgan fingerprint density at radius 3 is 2.61 bits per heavy atom. The van der Waals surface area contributed by atoms with Crippen molar-refractivity contribution in [1.29, 1.82) is 0 Å². The van der Waals surface area contributed by atoms with Crippen LogP contribution in [-0.4, -0.2) is 61.8 Å². The molecule has 2 saturated heterocycles. The monoisotopic (exact) mass is 249 g/mol. The highest BCUT2D eigenvalue weighted by molar-refractivity contribution is 5.77. The molecule has 6 nitrogen and oxygen atoms in total. The molecule has 0 unspecified atom stereocenters. The van der Waals surface area contributed by atoms with E-state index in [1.54, 1.807) is 0 Å². The highest BCUT2D eigenvalue weighted by Gasteiger charge is 2.52.